The Morgan fingerprint density at radius 2 is 2.12 bits per heavy atom. The van der Waals surface area contributed by atoms with E-state index in [1.54, 1.807) is 12.3 Å². The number of hydrogen-bond acceptors (Lipinski definition) is 7. The van der Waals surface area contributed by atoms with Gasteiger partial charge in [0.05, 0.1) is 37.7 Å². The smallest absolute Gasteiger partial charge is 0.216 e. The van der Waals surface area contributed by atoms with Crippen LogP contribution in [0, 0.1) is 25.2 Å². The normalized spacial score (nSPS) is 21.9. The van der Waals surface area contributed by atoms with E-state index in [0.717, 1.165) is 23.5 Å². The van der Waals surface area contributed by atoms with Crippen molar-refractivity contribution in [2.24, 2.45) is 10.4 Å². The number of halogens is 2. The number of nitrogens with zero attached hydrogens (tertiary/aromatic N) is 5. The molecule has 0 N–H and O–H groups in total. The number of ether oxygens (including phenoxy) is 2. The molecule has 2 saturated heterocycles. The molecule has 5 rings (SSSR count). The van der Waals surface area contributed by atoms with E-state index in [0.29, 0.717) is 44.0 Å². The van der Waals surface area contributed by atoms with Gasteiger partial charge in [0.15, 0.2) is 5.78 Å². The number of aryl methyl sites for hydroxylation is 1. The second kappa shape index (κ2) is 8.78. The van der Waals surface area contributed by atoms with Gasteiger partial charge in [-0.1, -0.05) is 18.5 Å². The molecule has 0 aromatic carbocycles. The van der Waals surface area contributed by atoms with E-state index < -0.39 is 5.95 Å². The highest BCUT2D eigenvalue weighted by Crippen LogP contribution is 2.34. The molecule has 2 fully saturated rings. The summed E-state index contributed by atoms with van der Waals surface area (Å²) in [5.41, 5.74) is 4.05. The van der Waals surface area contributed by atoms with Gasteiger partial charge >= 0.3 is 0 Å². The Hall–Kier alpha value is -2.78. The second-order valence-corrected chi connectivity index (χ2v) is 9.97. The standard InChI is InChI=1S/C24H27ClFN5O3/c1-14-22(15(2)31(29-14)11-24(3)12-33-13-24)16-6-20(26)28-21(7-16)34-17-4-5-30(10-17)18-8-27-9-19(32)23(18)25/h6-8,17H,4-5,9-13H2,1-3H3/t17-/m1/s1. The van der Waals surface area contributed by atoms with Crippen molar-refractivity contribution in [2.45, 2.75) is 39.8 Å². The minimum atomic E-state index is -0.607. The van der Waals surface area contributed by atoms with Crippen molar-refractivity contribution in [3.63, 3.8) is 0 Å². The summed E-state index contributed by atoms with van der Waals surface area (Å²) in [4.78, 5) is 21.9. The Morgan fingerprint density at radius 1 is 1.32 bits per heavy atom. The van der Waals surface area contributed by atoms with Crippen LogP contribution in [0.15, 0.2) is 27.9 Å². The van der Waals surface area contributed by atoms with Crippen LogP contribution < -0.4 is 4.74 Å². The molecule has 8 nitrogen and oxygen atoms in total. The Labute approximate surface area is 202 Å². The zero-order valence-electron chi connectivity index (χ0n) is 19.5. The predicted molar refractivity (Wildman–Crippen MR) is 126 cm³/mol. The third kappa shape index (κ3) is 4.34. The molecule has 10 heteroatoms. The SMILES string of the molecule is Cc1nn(CC2(C)COC2)c(C)c1-c1cc(F)nc(O[C@@H]2CCN(C3=C(Cl)C(=O)CN=C3)C2)c1. The van der Waals surface area contributed by atoms with Crippen molar-refractivity contribution in [1.29, 1.82) is 0 Å². The summed E-state index contributed by atoms with van der Waals surface area (Å²) in [5, 5.41) is 4.91. The van der Waals surface area contributed by atoms with E-state index in [-0.39, 0.29) is 34.8 Å². The number of dihydropyridines is 1. The number of aliphatic imine (C=N–C) groups is 1. The first-order valence-electron chi connectivity index (χ1n) is 11.4. The first-order chi connectivity index (χ1) is 16.2. The Morgan fingerprint density at radius 3 is 2.85 bits per heavy atom. The van der Waals surface area contributed by atoms with Crippen molar-refractivity contribution in [1.82, 2.24) is 19.7 Å². The summed E-state index contributed by atoms with van der Waals surface area (Å²) in [7, 11) is 0. The van der Waals surface area contributed by atoms with Crippen molar-refractivity contribution in [3.8, 4) is 17.0 Å². The van der Waals surface area contributed by atoms with Crippen molar-refractivity contribution >= 4 is 23.6 Å². The van der Waals surface area contributed by atoms with Crippen LogP contribution in [-0.2, 0) is 16.1 Å². The summed E-state index contributed by atoms with van der Waals surface area (Å²) in [6.07, 6.45) is 2.11. The van der Waals surface area contributed by atoms with E-state index in [1.807, 2.05) is 23.4 Å². The fourth-order valence-corrected chi connectivity index (χ4v) is 5.00. The highest BCUT2D eigenvalue weighted by molar-refractivity contribution is 6.44. The number of pyridine rings is 1. The maximum absolute atomic E-state index is 14.5. The summed E-state index contributed by atoms with van der Waals surface area (Å²) in [6.45, 7) is 9.51. The van der Waals surface area contributed by atoms with Gasteiger partial charge in [-0.3, -0.25) is 14.5 Å². The minimum absolute atomic E-state index is 0.0680. The number of allylic oxidation sites excluding steroid dienone is 1. The topological polar surface area (TPSA) is 81.8 Å². The lowest BCUT2D eigenvalue weighted by molar-refractivity contribution is -0.113. The number of hydrogen-bond donors (Lipinski definition) is 0. The highest BCUT2D eigenvalue weighted by atomic mass is 35.5. The van der Waals surface area contributed by atoms with Gasteiger partial charge in [0.25, 0.3) is 0 Å². The van der Waals surface area contributed by atoms with E-state index in [2.05, 4.69) is 16.9 Å². The van der Waals surface area contributed by atoms with Gasteiger partial charge in [-0.25, -0.2) is 0 Å². The first-order valence-corrected chi connectivity index (χ1v) is 11.7. The lowest BCUT2D eigenvalue weighted by Crippen LogP contribution is -2.43. The molecule has 1 atom stereocenters. The quantitative estimate of drug-likeness (QED) is 0.581. The van der Waals surface area contributed by atoms with Crippen LogP contribution in [0.25, 0.3) is 11.1 Å². The van der Waals surface area contributed by atoms with Crippen LogP contribution in [-0.4, -0.2) is 70.6 Å². The number of carbonyl (C=O) groups excluding carboxylic acids is 1. The van der Waals surface area contributed by atoms with Crippen LogP contribution in [0.2, 0.25) is 0 Å². The van der Waals surface area contributed by atoms with Crippen LogP contribution >= 0.6 is 11.6 Å². The summed E-state index contributed by atoms with van der Waals surface area (Å²) in [6, 6.07) is 3.18. The molecule has 2 aromatic rings. The van der Waals surface area contributed by atoms with Gasteiger partial charge in [-0.05, 0) is 19.4 Å². The molecule has 180 valence electrons. The molecule has 0 saturated carbocycles. The number of Topliss-reactive ketones (excluding diaryl/α,β-unsaturated/α-hetero) is 1. The van der Waals surface area contributed by atoms with Gasteiger partial charge in [0, 0.05) is 48.0 Å². The third-order valence-electron chi connectivity index (χ3n) is 6.56. The van der Waals surface area contributed by atoms with Crippen molar-refractivity contribution < 1.29 is 18.7 Å². The molecule has 5 heterocycles. The van der Waals surface area contributed by atoms with Gasteiger partial charge < -0.3 is 14.4 Å². The highest BCUT2D eigenvalue weighted by Gasteiger charge is 2.35. The summed E-state index contributed by atoms with van der Waals surface area (Å²) in [5.74, 6) is -0.574. The molecule has 0 radical (unpaired) electrons. The number of carbonyl (C=O) groups is 1. The van der Waals surface area contributed by atoms with Crippen molar-refractivity contribution in [2.75, 3.05) is 32.8 Å². The predicted octanol–water partition coefficient (Wildman–Crippen LogP) is 3.29. The molecule has 0 amide bonds. The van der Waals surface area contributed by atoms with Crippen molar-refractivity contribution in [3.05, 3.63) is 40.2 Å². The monoisotopic (exact) mass is 487 g/mol. The van der Waals surface area contributed by atoms with Gasteiger partial charge in [0.1, 0.15) is 17.7 Å². The summed E-state index contributed by atoms with van der Waals surface area (Å²) >= 11 is 6.19. The van der Waals surface area contributed by atoms with E-state index in [4.69, 9.17) is 26.2 Å². The fraction of sp³-hybridized carbons (Fsp3) is 0.500. The molecule has 0 spiro atoms. The molecule has 3 aliphatic rings. The molecular formula is C24H27ClFN5O3. The molecular weight excluding hydrogens is 461 g/mol. The Balaban J connectivity index is 1.34. The maximum atomic E-state index is 14.5. The molecule has 0 aliphatic carbocycles. The zero-order chi connectivity index (χ0) is 24.0. The molecule has 2 aromatic heterocycles. The second-order valence-electron chi connectivity index (χ2n) is 9.59. The van der Waals surface area contributed by atoms with E-state index in [1.165, 1.54) is 6.07 Å². The number of rotatable bonds is 6. The van der Waals surface area contributed by atoms with E-state index in [9.17, 15) is 9.18 Å². The van der Waals surface area contributed by atoms with Crippen LogP contribution in [0.5, 0.6) is 5.88 Å². The summed E-state index contributed by atoms with van der Waals surface area (Å²) < 4.78 is 27.9. The molecule has 0 bridgehead atoms. The van der Waals surface area contributed by atoms with Gasteiger partial charge in [-0.15, -0.1) is 0 Å². The molecule has 34 heavy (non-hydrogen) atoms. The minimum Gasteiger partial charge on any atom is -0.472 e. The Bertz CT molecular complexity index is 1200. The Kier molecular flexibility index (Phi) is 5.93. The number of ketones is 1. The van der Waals surface area contributed by atoms with Crippen LogP contribution in [0.3, 0.4) is 0 Å². The van der Waals surface area contributed by atoms with E-state index >= 15 is 0 Å². The largest absolute Gasteiger partial charge is 0.472 e. The van der Waals surface area contributed by atoms with Crippen LogP contribution in [0.1, 0.15) is 24.7 Å². The average Bonchev–Trinajstić information content (AvgIpc) is 3.32. The number of aromatic nitrogens is 3. The average molecular weight is 488 g/mol. The van der Waals surface area contributed by atoms with Gasteiger partial charge in [-0.2, -0.15) is 14.5 Å². The third-order valence-corrected chi connectivity index (χ3v) is 6.97. The maximum Gasteiger partial charge on any atom is 0.216 e. The molecule has 0 unspecified atom stereocenters. The lowest BCUT2D eigenvalue weighted by atomic mass is 9.89. The van der Waals surface area contributed by atoms with Crippen LogP contribution in [0.4, 0.5) is 4.39 Å². The number of likely N-dealkylation sites (tertiary alicyclic amines) is 1. The fourth-order valence-electron chi connectivity index (χ4n) is 4.77. The molecule has 3 aliphatic heterocycles. The zero-order valence-corrected chi connectivity index (χ0v) is 20.2. The lowest BCUT2D eigenvalue weighted by Gasteiger charge is -2.38. The van der Waals surface area contributed by atoms with Gasteiger partial charge in [0.2, 0.25) is 11.8 Å². The first kappa shape index (κ1) is 23.0.